The zero-order valence-electron chi connectivity index (χ0n) is 15.7. The summed E-state index contributed by atoms with van der Waals surface area (Å²) in [4.78, 5) is 20.1. The lowest BCUT2D eigenvalue weighted by molar-refractivity contribution is 0.0911. The SMILES string of the molecule is O=C(NC1CCN2CCCCC12)c1cccnc1SCC1CCCCC1. The first-order chi connectivity index (χ1) is 12.8. The molecule has 5 heteroatoms. The van der Waals surface area contributed by atoms with Crippen LogP contribution in [-0.4, -0.2) is 46.7 Å². The van der Waals surface area contributed by atoms with Crippen LogP contribution in [0, 0.1) is 5.92 Å². The normalized spacial score (nSPS) is 27.2. The van der Waals surface area contributed by atoms with Gasteiger partial charge < -0.3 is 5.32 Å². The van der Waals surface area contributed by atoms with Gasteiger partial charge in [-0.3, -0.25) is 9.69 Å². The minimum absolute atomic E-state index is 0.0710. The average molecular weight is 374 g/mol. The minimum Gasteiger partial charge on any atom is -0.348 e. The van der Waals surface area contributed by atoms with Crippen molar-refractivity contribution in [1.29, 1.82) is 0 Å². The van der Waals surface area contributed by atoms with Gasteiger partial charge in [0.15, 0.2) is 0 Å². The molecule has 2 aliphatic heterocycles. The number of nitrogens with zero attached hydrogens (tertiary/aromatic N) is 2. The number of hydrogen-bond acceptors (Lipinski definition) is 4. The number of pyridine rings is 1. The van der Waals surface area contributed by atoms with Crippen LogP contribution in [0.2, 0.25) is 0 Å². The number of nitrogens with one attached hydrogen (secondary N) is 1. The first kappa shape index (κ1) is 18.3. The molecule has 2 atom stereocenters. The van der Waals surface area contributed by atoms with Gasteiger partial charge in [-0.1, -0.05) is 25.7 Å². The van der Waals surface area contributed by atoms with Gasteiger partial charge in [0.05, 0.1) is 5.56 Å². The van der Waals surface area contributed by atoms with E-state index in [4.69, 9.17) is 0 Å². The molecule has 3 heterocycles. The van der Waals surface area contributed by atoms with Crippen molar-refractivity contribution in [2.75, 3.05) is 18.8 Å². The molecular weight excluding hydrogens is 342 g/mol. The topological polar surface area (TPSA) is 45.2 Å². The molecule has 1 aliphatic carbocycles. The second-order valence-electron chi connectivity index (χ2n) is 8.14. The van der Waals surface area contributed by atoms with Gasteiger partial charge in [0.1, 0.15) is 5.03 Å². The van der Waals surface area contributed by atoms with Crippen LogP contribution in [0.4, 0.5) is 0 Å². The summed E-state index contributed by atoms with van der Waals surface area (Å²) in [5, 5.41) is 4.25. The third-order valence-corrected chi connectivity index (χ3v) is 7.61. The van der Waals surface area contributed by atoms with Crippen LogP contribution in [0.1, 0.15) is 68.1 Å². The molecule has 0 aromatic carbocycles. The van der Waals surface area contributed by atoms with Gasteiger partial charge in [-0.2, -0.15) is 0 Å². The molecule has 4 rings (SSSR count). The maximum absolute atomic E-state index is 13.0. The van der Waals surface area contributed by atoms with Crippen molar-refractivity contribution in [2.24, 2.45) is 5.92 Å². The number of piperidine rings is 1. The molecule has 1 aromatic heterocycles. The molecule has 3 aliphatic rings. The highest BCUT2D eigenvalue weighted by Gasteiger charge is 2.36. The van der Waals surface area contributed by atoms with Crippen molar-refractivity contribution in [3.05, 3.63) is 23.9 Å². The van der Waals surface area contributed by atoms with E-state index in [-0.39, 0.29) is 5.91 Å². The fourth-order valence-corrected chi connectivity index (χ4v) is 6.07. The molecule has 1 N–H and O–H groups in total. The number of thioether (sulfide) groups is 1. The molecule has 26 heavy (non-hydrogen) atoms. The number of fused-ring (bicyclic) bond motifs is 1. The minimum atomic E-state index is 0.0710. The summed E-state index contributed by atoms with van der Waals surface area (Å²) >= 11 is 1.78. The maximum Gasteiger partial charge on any atom is 0.254 e. The highest BCUT2D eigenvalue weighted by Crippen LogP contribution is 2.31. The molecule has 142 valence electrons. The molecule has 1 amide bonds. The Morgan fingerprint density at radius 2 is 1.96 bits per heavy atom. The van der Waals surface area contributed by atoms with E-state index in [0.717, 1.165) is 35.2 Å². The van der Waals surface area contributed by atoms with E-state index in [9.17, 15) is 4.79 Å². The Hall–Kier alpha value is -1.07. The van der Waals surface area contributed by atoms with Crippen molar-refractivity contribution >= 4 is 17.7 Å². The summed E-state index contributed by atoms with van der Waals surface area (Å²) in [5.41, 5.74) is 0.766. The van der Waals surface area contributed by atoms with Crippen LogP contribution in [-0.2, 0) is 0 Å². The summed E-state index contributed by atoms with van der Waals surface area (Å²) in [6, 6.07) is 4.68. The summed E-state index contributed by atoms with van der Waals surface area (Å²) in [7, 11) is 0. The smallest absolute Gasteiger partial charge is 0.254 e. The van der Waals surface area contributed by atoms with Crippen LogP contribution >= 0.6 is 11.8 Å². The lowest BCUT2D eigenvalue weighted by Crippen LogP contribution is -2.46. The zero-order valence-corrected chi connectivity index (χ0v) is 16.5. The molecular formula is C21H31N3OS. The third-order valence-electron chi connectivity index (χ3n) is 6.37. The van der Waals surface area contributed by atoms with E-state index in [1.807, 2.05) is 18.3 Å². The first-order valence-electron chi connectivity index (χ1n) is 10.4. The zero-order chi connectivity index (χ0) is 17.8. The lowest BCUT2D eigenvalue weighted by atomic mass is 9.91. The maximum atomic E-state index is 13.0. The van der Waals surface area contributed by atoms with Gasteiger partial charge in [0, 0.05) is 30.6 Å². The number of rotatable bonds is 5. The number of amides is 1. The van der Waals surface area contributed by atoms with Gasteiger partial charge in [0.2, 0.25) is 0 Å². The van der Waals surface area contributed by atoms with E-state index >= 15 is 0 Å². The Labute approximate surface area is 161 Å². The molecule has 0 spiro atoms. The van der Waals surface area contributed by atoms with Crippen molar-refractivity contribution in [2.45, 2.75) is 74.9 Å². The van der Waals surface area contributed by atoms with Gasteiger partial charge >= 0.3 is 0 Å². The molecule has 2 saturated heterocycles. The molecule has 2 unspecified atom stereocenters. The van der Waals surface area contributed by atoms with Crippen molar-refractivity contribution in [3.8, 4) is 0 Å². The quantitative estimate of drug-likeness (QED) is 0.789. The first-order valence-corrected chi connectivity index (χ1v) is 11.4. The summed E-state index contributed by atoms with van der Waals surface area (Å²) in [6.45, 7) is 2.33. The Kier molecular flexibility index (Phi) is 6.16. The molecule has 1 aromatic rings. The third kappa shape index (κ3) is 4.25. The van der Waals surface area contributed by atoms with Crippen LogP contribution in [0.5, 0.6) is 0 Å². The van der Waals surface area contributed by atoms with Crippen LogP contribution < -0.4 is 5.32 Å². The molecule has 4 nitrogen and oxygen atoms in total. The van der Waals surface area contributed by atoms with Crippen LogP contribution in [0.25, 0.3) is 0 Å². The highest BCUT2D eigenvalue weighted by molar-refractivity contribution is 7.99. The second-order valence-corrected chi connectivity index (χ2v) is 9.15. The Bertz CT molecular complexity index is 617. The van der Waals surface area contributed by atoms with E-state index in [0.29, 0.717) is 12.1 Å². The Morgan fingerprint density at radius 1 is 1.12 bits per heavy atom. The average Bonchev–Trinajstić information content (AvgIpc) is 3.10. The Morgan fingerprint density at radius 3 is 2.85 bits per heavy atom. The van der Waals surface area contributed by atoms with Gasteiger partial charge in [-0.15, -0.1) is 11.8 Å². The molecule has 0 radical (unpaired) electrons. The van der Waals surface area contributed by atoms with Gasteiger partial charge in [-0.05, 0) is 56.7 Å². The summed E-state index contributed by atoms with van der Waals surface area (Å²) in [5.74, 6) is 1.95. The van der Waals surface area contributed by atoms with Crippen molar-refractivity contribution < 1.29 is 4.79 Å². The van der Waals surface area contributed by atoms with Crippen molar-refractivity contribution in [3.63, 3.8) is 0 Å². The number of hydrogen-bond donors (Lipinski definition) is 1. The number of aromatic nitrogens is 1. The van der Waals surface area contributed by atoms with Gasteiger partial charge in [-0.25, -0.2) is 4.98 Å². The predicted octanol–water partition coefficient (Wildman–Crippen LogP) is 4.11. The highest BCUT2D eigenvalue weighted by atomic mass is 32.2. The number of carbonyl (C=O) groups is 1. The summed E-state index contributed by atoms with van der Waals surface area (Å²) in [6.07, 6.45) is 13.5. The van der Waals surface area contributed by atoms with E-state index < -0.39 is 0 Å². The predicted molar refractivity (Wildman–Crippen MR) is 107 cm³/mol. The largest absolute Gasteiger partial charge is 0.348 e. The van der Waals surface area contributed by atoms with Crippen LogP contribution in [0.3, 0.4) is 0 Å². The molecule has 3 fully saturated rings. The van der Waals surface area contributed by atoms with E-state index in [1.165, 1.54) is 57.9 Å². The fraction of sp³-hybridized carbons (Fsp3) is 0.714. The standard InChI is InChI=1S/C21H31N3OS/c25-20(23-18-11-14-24-13-5-4-10-19(18)24)17-9-6-12-22-21(17)26-15-16-7-2-1-3-8-16/h6,9,12,16,18-19H,1-5,7-8,10-11,13-15H2,(H,23,25). The fourth-order valence-electron chi connectivity index (χ4n) is 4.89. The van der Waals surface area contributed by atoms with E-state index in [2.05, 4.69) is 15.2 Å². The molecule has 0 bridgehead atoms. The summed E-state index contributed by atoms with van der Waals surface area (Å²) < 4.78 is 0. The Balaban J connectivity index is 1.38. The second kappa shape index (κ2) is 8.75. The van der Waals surface area contributed by atoms with Crippen molar-refractivity contribution in [1.82, 2.24) is 15.2 Å². The van der Waals surface area contributed by atoms with Crippen LogP contribution in [0.15, 0.2) is 23.4 Å². The number of carbonyl (C=O) groups excluding carboxylic acids is 1. The molecule has 1 saturated carbocycles. The lowest BCUT2D eigenvalue weighted by Gasteiger charge is -2.32. The monoisotopic (exact) mass is 373 g/mol. The van der Waals surface area contributed by atoms with E-state index in [1.54, 1.807) is 11.8 Å². The van der Waals surface area contributed by atoms with Gasteiger partial charge in [0.25, 0.3) is 5.91 Å².